The summed E-state index contributed by atoms with van der Waals surface area (Å²) in [6.45, 7) is 0.623. The molecule has 5 nitrogen and oxygen atoms in total. The maximum atomic E-state index is 12.1. The molecule has 27 heavy (non-hydrogen) atoms. The molecule has 1 aromatic rings. The number of hydrogen-bond donors (Lipinski definition) is 2. The van der Waals surface area contributed by atoms with E-state index < -0.39 is 12.1 Å². The van der Waals surface area contributed by atoms with Crippen LogP contribution in [0.25, 0.3) is 0 Å². The van der Waals surface area contributed by atoms with Crippen LogP contribution in [-0.2, 0) is 9.59 Å². The predicted octanol–water partition coefficient (Wildman–Crippen LogP) is 4.00. The molecular weight excluding hydrogens is 344 g/mol. The number of aliphatic carboxylic acids is 1. The van der Waals surface area contributed by atoms with Gasteiger partial charge in [0.05, 0.1) is 6.61 Å². The van der Waals surface area contributed by atoms with Gasteiger partial charge in [-0.2, -0.15) is 0 Å². The van der Waals surface area contributed by atoms with Gasteiger partial charge in [-0.1, -0.05) is 49.6 Å². The number of hydrogen-bond acceptors (Lipinski definition) is 4. The molecular formula is C22H30O5. The van der Waals surface area contributed by atoms with E-state index in [0.717, 1.165) is 37.9 Å². The lowest BCUT2D eigenvalue weighted by molar-refractivity contribution is -0.146. The molecule has 0 bridgehead atoms. The summed E-state index contributed by atoms with van der Waals surface area (Å²) >= 11 is 0. The van der Waals surface area contributed by atoms with E-state index in [-0.39, 0.29) is 12.3 Å². The van der Waals surface area contributed by atoms with Crippen LogP contribution in [0.5, 0.6) is 5.75 Å². The lowest BCUT2D eigenvalue weighted by Crippen LogP contribution is -2.19. The number of carbonyl (C=O) groups excluding carboxylic acids is 1. The monoisotopic (exact) mass is 374 g/mol. The number of aliphatic hydroxyl groups is 1. The molecule has 1 aliphatic carbocycles. The van der Waals surface area contributed by atoms with E-state index in [1.165, 1.54) is 0 Å². The quantitative estimate of drug-likeness (QED) is 0.427. The Morgan fingerprint density at radius 3 is 2.74 bits per heavy atom. The maximum Gasteiger partial charge on any atom is 0.332 e. The average Bonchev–Trinajstić information content (AvgIpc) is 3.01. The highest BCUT2D eigenvalue weighted by Gasteiger charge is 2.32. The standard InChI is InChI=1S/C22H30O5/c23-20-15-14-17(9-7-8-16-27-18-10-3-1-4-11-18)19(20)12-5-2-6-13-21(24)22(25)26/h1,3-4,7,9-11,17,19,21,24H,2,5-6,8,12-16H2,(H,25,26)/t17-,19+,21?/m0/s1. The van der Waals surface area contributed by atoms with Crippen molar-refractivity contribution in [1.29, 1.82) is 0 Å². The van der Waals surface area contributed by atoms with E-state index in [9.17, 15) is 14.7 Å². The zero-order valence-corrected chi connectivity index (χ0v) is 15.8. The van der Waals surface area contributed by atoms with Crippen molar-refractivity contribution in [1.82, 2.24) is 0 Å². The summed E-state index contributed by atoms with van der Waals surface area (Å²) < 4.78 is 5.67. The minimum Gasteiger partial charge on any atom is -0.493 e. The molecule has 0 spiro atoms. The molecule has 2 rings (SSSR count). The SMILES string of the molecule is O=C(O)C(O)CCCCC[C@H]1C(=O)CC[C@@H]1C=CCCOc1ccccc1. The Morgan fingerprint density at radius 1 is 1.22 bits per heavy atom. The van der Waals surface area contributed by atoms with Gasteiger partial charge in [-0.05, 0) is 43.7 Å². The Morgan fingerprint density at radius 2 is 2.00 bits per heavy atom. The van der Waals surface area contributed by atoms with Crippen molar-refractivity contribution in [3.8, 4) is 5.75 Å². The number of ketones is 1. The van der Waals surface area contributed by atoms with Gasteiger partial charge in [0.15, 0.2) is 6.10 Å². The van der Waals surface area contributed by atoms with Crippen LogP contribution in [0.2, 0.25) is 0 Å². The number of benzene rings is 1. The van der Waals surface area contributed by atoms with Crippen molar-refractivity contribution in [3.63, 3.8) is 0 Å². The molecule has 1 fully saturated rings. The molecule has 148 valence electrons. The third-order valence-electron chi connectivity index (χ3n) is 5.11. The Balaban J connectivity index is 1.64. The number of carboxylic acids is 1. The first-order valence-electron chi connectivity index (χ1n) is 9.86. The molecule has 0 aromatic heterocycles. The Bertz CT molecular complexity index is 610. The van der Waals surface area contributed by atoms with E-state index in [0.29, 0.717) is 31.1 Å². The summed E-state index contributed by atoms with van der Waals surface area (Å²) in [5.74, 6) is 0.436. The van der Waals surface area contributed by atoms with Crippen molar-refractivity contribution >= 4 is 11.8 Å². The zero-order valence-electron chi connectivity index (χ0n) is 15.8. The highest BCUT2D eigenvalue weighted by atomic mass is 16.5. The number of allylic oxidation sites excluding steroid dienone is 1. The van der Waals surface area contributed by atoms with E-state index in [4.69, 9.17) is 9.84 Å². The second kappa shape index (κ2) is 11.5. The van der Waals surface area contributed by atoms with Gasteiger partial charge in [0, 0.05) is 12.3 Å². The summed E-state index contributed by atoms with van der Waals surface area (Å²) in [5, 5.41) is 17.9. The van der Waals surface area contributed by atoms with E-state index in [2.05, 4.69) is 12.2 Å². The van der Waals surface area contributed by atoms with Crippen LogP contribution in [0.4, 0.5) is 0 Å². The van der Waals surface area contributed by atoms with Crippen LogP contribution in [0, 0.1) is 11.8 Å². The smallest absolute Gasteiger partial charge is 0.332 e. The lowest BCUT2D eigenvalue weighted by atomic mass is 9.89. The molecule has 0 aliphatic heterocycles. The highest BCUT2D eigenvalue weighted by Crippen LogP contribution is 2.33. The number of rotatable bonds is 12. The van der Waals surface area contributed by atoms with Gasteiger partial charge < -0.3 is 14.9 Å². The average molecular weight is 374 g/mol. The van der Waals surface area contributed by atoms with Gasteiger partial charge in [-0.15, -0.1) is 0 Å². The van der Waals surface area contributed by atoms with Gasteiger partial charge in [-0.3, -0.25) is 4.79 Å². The fourth-order valence-corrected chi connectivity index (χ4v) is 3.57. The van der Waals surface area contributed by atoms with Gasteiger partial charge in [0.25, 0.3) is 0 Å². The molecule has 1 aliphatic rings. The van der Waals surface area contributed by atoms with E-state index in [1.54, 1.807) is 0 Å². The van der Waals surface area contributed by atoms with Crippen LogP contribution in [0.15, 0.2) is 42.5 Å². The number of carbonyl (C=O) groups is 2. The molecule has 1 unspecified atom stereocenters. The van der Waals surface area contributed by atoms with Crippen LogP contribution < -0.4 is 4.74 Å². The largest absolute Gasteiger partial charge is 0.493 e. The van der Waals surface area contributed by atoms with Crippen molar-refractivity contribution in [3.05, 3.63) is 42.5 Å². The van der Waals surface area contributed by atoms with E-state index in [1.807, 2.05) is 30.3 Å². The summed E-state index contributed by atoms with van der Waals surface area (Å²) in [4.78, 5) is 22.7. The number of carboxylic acid groups (broad SMARTS) is 1. The third kappa shape index (κ3) is 7.55. The number of para-hydroxylation sites is 1. The first kappa shape index (κ1) is 21.2. The van der Waals surface area contributed by atoms with Gasteiger partial charge >= 0.3 is 5.97 Å². The van der Waals surface area contributed by atoms with Crippen molar-refractivity contribution < 1.29 is 24.5 Å². The first-order chi connectivity index (χ1) is 13.1. The fraction of sp³-hybridized carbons (Fsp3) is 0.545. The van der Waals surface area contributed by atoms with Gasteiger partial charge in [0.2, 0.25) is 0 Å². The molecule has 1 saturated carbocycles. The third-order valence-corrected chi connectivity index (χ3v) is 5.11. The maximum absolute atomic E-state index is 12.1. The van der Waals surface area contributed by atoms with Crippen LogP contribution in [-0.4, -0.2) is 34.7 Å². The molecule has 3 atom stereocenters. The Labute approximate surface area is 161 Å². The summed E-state index contributed by atoms with van der Waals surface area (Å²) in [6, 6.07) is 9.72. The van der Waals surface area contributed by atoms with Crippen LogP contribution >= 0.6 is 0 Å². The second-order valence-electron chi connectivity index (χ2n) is 7.15. The number of ether oxygens (including phenoxy) is 1. The van der Waals surface area contributed by atoms with Crippen molar-refractivity contribution in [2.24, 2.45) is 11.8 Å². The summed E-state index contributed by atoms with van der Waals surface area (Å²) in [5.41, 5.74) is 0. The van der Waals surface area contributed by atoms with Gasteiger partial charge in [0.1, 0.15) is 11.5 Å². The molecule has 0 saturated heterocycles. The molecule has 0 heterocycles. The summed E-state index contributed by atoms with van der Waals surface area (Å²) in [7, 11) is 0. The molecule has 2 N–H and O–H groups in total. The minimum absolute atomic E-state index is 0.0840. The Kier molecular flexibility index (Phi) is 9.05. The first-order valence-corrected chi connectivity index (χ1v) is 9.86. The minimum atomic E-state index is -1.27. The fourth-order valence-electron chi connectivity index (χ4n) is 3.57. The van der Waals surface area contributed by atoms with Crippen LogP contribution in [0.1, 0.15) is 51.4 Å². The van der Waals surface area contributed by atoms with Crippen LogP contribution in [0.3, 0.4) is 0 Å². The Hall–Kier alpha value is -2.14. The molecule has 0 amide bonds. The molecule has 1 aromatic carbocycles. The van der Waals surface area contributed by atoms with Crippen molar-refractivity contribution in [2.75, 3.05) is 6.61 Å². The zero-order chi connectivity index (χ0) is 19.5. The topological polar surface area (TPSA) is 83.8 Å². The highest BCUT2D eigenvalue weighted by molar-refractivity contribution is 5.83. The molecule has 0 radical (unpaired) electrons. The van der Waals surface area contributed by atoms with E-state index >= 15 is 0 Å². The number of aliphatic hydroxyl groups excluding tert-OH is 1. The molecule has 5 heteroatoms. The second-order valence-corrected chi connectivity index (χ2v) is 7.15. The number of unbranched alkanes of at least 4 members (excludes halogenated alkanes) is 2. The van der Waals surface area contributed by atoms with Gasteiger partial charge in [-0.25, -0.2) is 4.79 Å². The van der Waals surface area contributed by atoms with Crippen molar-refractivity contribution in [2.45, 2.75) is 57.5 Å². The predicted molar refractivity (Wildman–Crippen MR) is 104 cm³/mol. The normalized spacial score (nSPS) is 20.9. The summed E-state index contributed by atoms with van der Waals surface area (Å²) in [6.07, 6.45) is 8.92. The lowest BCUT2D eigenvalue weighted by Gasteiger charge is -2.15. The number of Topliss-reactive ketones (excluding diaryl/α,β-unsaturated/α-hetero) is 1.